The van der Waals surface area contributed by atoms with Crippen LogP contribution in [-0.2, 0) is 9.53 Å². The summed E-state index contributed by atoms with van der Waals surface area (Å²) in [5.74, 6) is -0.396. The minimum atomic E-state index is -0.498. The molecule has 0 aliphatic heterocycles. The second-order valence-corrected chi connectivity index (χ2v) is 2.85. The fraction of sp³-hybridized carbons (Fsp3) is 0.556. The van der Waals surface area contributed by atoms with Crippen LogP contribution in [0.4, 0.5) is 0 Å². The van der Waals surface area contributed by atoms with E-state index in [4.69, 9.17) is 9.57 Å². The van der Waals surface area contributed by atoms with Crippen molar-refractivity contribution in [2.45, 2.75) is 25.9 Å². The summed E-state index contributed by atoms with van der Waals surface area (Å²) in [5.41, 5.74) is 0. The van der Waals surface area contributed by atoms with Gasteiger partial charge in [0.1, 0.15) is 6.33 Å². The van der Waals surface area contributed by atoms with Gasteiger partial charge in [0, 0.05) is 13.3 Å². The maximum absolute atomic E-state index is 11.4. The lowest BCUT2D eigenvalue weighted by atomic mass is 10.2. The number of carbonyl (C=O) groups is 1. The standard InChI is InChI=1S/C9H14N2O3/c1-3-4-8(13-2)9(12)14-11-6-5-10-7-11/h5-8H,3-4H2,1-2H3. The van der Waals surface area contributed by atoms with Crippen molar-refractivity contribution >= 4 is 5.97 Å². The quantitative estimate of drug-likeness (QED) is 0.697. The van der Waals surface area contributed by atoms with Crippen LogP contribution >= 0.6 is 0 Å². The molecular weight excluding hydrogens is 184 g/mol. The first-order chi connectivity index (χ1) is 6.77. The van der Waals surface area contributed by atoms with E-state index in [1.165, 1.54) is 24.4 Å². The lowest BCUT2D eigenvalue weighted by Crippen LogP contribution is -2.31. The van der Waals surface area contributed by atoms with Crippen LogP contribution in [0.2, 0.25) is 0 Å². The number of carbonyl (C=O) groups excluding carboxylic acids is 1. The number of methoxy groups -OCH3 is 1. The van der Waals surface area contributed by atoms with Crippen LogP contribution in [0.3, 0.4) is 0 Å². The van der Waals surface area contributed by atoms with Crippen molar-refractivity contribution in [1.29, 1.82) is 0 Å². The molecule has 0 radical (unpaired) electrons. The maximum Gasteiger partial charge on any atom is 0.361 e. The summed E-state index contributed by atoms with van der Waals surface area (Å²) in [6.07, 6.45) is 5.53. The summed E-state index contributed by atoms with van der Waals surface area (Å²) < 4.78 is 6.25. The molecule has 14 heavy (non-hydrogen) atoms. The number of hydrogen-bond donors (Lipinski definition) is 0. The molecule has 0 spiro atoms. The van der Waals surface area contributed by atoms with Gasteiger partial charge in [0.25, 0.3) is 0 Å². The van der Waals surface area contributed by atoms with E-state index in [2.05, 4.69) is 4.98 Å². The van der Waals surface area contributed by atoms with E-state index in [0.717, 1.165) is 6.42 Å². The summed E-state index contributed by atoms with van der Waals surface area (Å²) in [6.45, 7) is 1.98. The van der Waals surface area contributed by atoms with E-state index in [1.807, 2.05) is 6.92 Å². The van der Waals surface area contributed by atoms with Crippen molar-refractivity contribution in [1.82, 2.24) is 9.71 Å². The van der Waals surface area contributed by atoms with Crippen molar-refractivity contribution in [3.05, 3.63) is 18.7 Å². The molecule has 1 unspecified atom stereocenters. The monoisotopic (exact) mass is 198 g/mol. The molecule has 5 heteroatoms. The largest absolute Gasteiger partial charge is 0.370 e. The van der Waals surface area contributed by atoms with Crippen molar-refractivity contribution in [2.75, 3.05) is 7.11 Å². The Morgan fingerprint density at radius 2 is 2.43 bits per heavy atom. The Morgan fingerprint density at radius 3 is 2.93 bits per heavy atom. The summed E-state index contributed by atoms with van der Waals surface area (Å²) >= 11 is 0. The third kappa shape index (κ3) is 2.85. The topological polar surface area (TPSA) is 53.4 Å². The van der Waals surface area contributed by atoms with E-state index in [1.54, 1.807) is 6.20 Å². The zero-order valence-electron chi connectivity index (χ0n) is 8.34. The third-order valence-corrected chi connectivity index (χ3v) is 1.77. The Labute approximate surface area is 82.6 Å². The highest BCUT2D eigenvalue weighted by Crippen LogP contribution is 2.01. The number of aromatic nitrogens is 2. The fourth-order valence-electron chi connectivity index (χ4n) is 1.06. The first kappa shape index (κ1) is 10.7. The molecule has 0 amide bonds. The van der Waals surface area contributed by atoms with E-state index in [9.17, 15) is 4.79 Å². The maximum atomic E-state index is 11.4. The van der Waals surface area contributed by atoms with E-state index >= 15 is 0 Å². The van der Waals surface area contributed by atoms with E-state index in [0.29, 0.717) is 6.42 Å². The molecule has 1 rings (SSSR count). The molecule has 0 aliphatic carbocycles. The zero-order valence-corrected chi connectivity index (χ0v) is 8.34. The van der Waals surface area contributed by atoms with Crippen molar-refractivity contribution in [2.24, 2.45) is 0 Å². The number of rotatable bonds is 5. The molecule has 0 bridgehead atoms. The van der Waals surface area contributed by atoms with Crippen LogP contribution < -0.4 is 4.84 Å². The van der Waals surface area contributed by atoms with Crippen LogP contribution in [0.5, 0.6) is 0 Å². The molecule has 1 aromatic heterocycles. The van der Waals surface area contributed by atoms with Gasteiger partial charge in [0.15, 0.2) is 6.10 Å². The second-order valence-electron chi connectivity index (χ2n) is 2.85. The minimum Gasteiger partial charge on any atom is -0.370 e. The van der Waals surface area contributed by atoms with E-state index in [-0.39, 0.29) is 0 Å². The van der Waals surface area contributed by atoms with Gasteiger partial charge in [-0.3, -0.25) is 0 Å². The van der Waals surface area contributed by atoms with E-state index < -0.39 is 12.1 Å². The Morgan fingerprint density at radius 1 is 1.64 bits per heavy atom. The summed E-state index contributed by atoms with van der Waals surface area (Å²) in [5, 5.41) is 0. The number of nitrogens with zero attached hydrogens (tertiary/aromatic N) is 2. The predicted molar refractivity (Wildman–Crippen MR) is 49.5 cm³/mol. The lowest BCUT2D eigenvalue weighted by molar-refractivity contribution is -0.156. The van der Waals surface area contributed by atoms with Crippen molar-refractivity contribution in [3.63, 3.8) is 0 Å². The molecule has 78 valence electrons. The van der Waals surface area contributed by atoms with Crippen LogP contribution in [0.25, 0.3) is 0 Å². The van der Waals surface area contributed by atoms with Gasteiger partial charge in [0.2, 0.25) is 0 Å². The molecule has 1 aromatic rings. The zero-order chi connectivity index (χ0) is 10.4. The molecule has 0 fully saturated rings. The van der Waals surface area contributed by atoms with Gasteiger partial charge in [-0.15, -0.1) is 0 Å². The van der Waals surface area contributed by atoms with Gasteiger partial charge in [-0.1, -0.05) is 13.3 Å². The number of hydrogen-bond acceptors (Lipinski definition) is 4. The summed E-state index contributed by atoms with van der Waals surface area (Å²) in [6, 6.07) is 0. The lowest BCUT2D eigenvalue weighted by Gasteiger charge is -2.12. The Bertz CT molecular complexity index is 272. The average Bonchev–Trinajstić information content (AvgIpc) is 2.66. The smallest absolute Gasteiger partial charge is 0.361 e. The first-order valence-corrected chi connectivity index (χ1v) is 4.50. The third-order valence-electron chi connectivity index (χ3n) is 1.77. The SMILES string of the molecule is CCCC(OC)C(=O)On1ccnc1. The molecule has 5 nitrogen and oxygen atoms in total. The Hall–Kier alpha value is -1.36. The van der Waals surface area contributed by atoms with Gasteiger partial charge in [-0.25, -0.2) is 9.78 Å². The van der Waals surface area contributed by atoms with Gasteiger partial charge in [-0.2, -0.15) is 4.73 Å². The average molecular weight is 198 g/mol. The van der Waals surface area contributed by atoms with Crippen LogP contribution in [0, 0.1) is 0 Å². The van der Waals surface area contributed by atoms with Gasteiger partial charge < -0.3 is 9.57 Å². The van der Waals surface area contributed by atoms with Crippen LogP contribution in [0.15, 0.2) is 18.7 Å². The molecular formula is C9H14N2O3. The normalized spacial score (nSPS) is 12.4. The van der Waals surface area contributed by atoms with Gasteiger partial charge >= 0.3 is 5.97 Å². The highest BCUT2D eigenvalue weighted by molar-refractivity contribution is 5.74. The van der Waals surface area contributed by atoms with Crippen LogP contribution in [0.1, 0.15) is 19.8 Å². The molecule has 1 heterocycles. The van der Waals surface area contributed by atoms with Crippen molar-refractivity contribution < 1.29 is 14.4 Å². The Kier molecular flexibility index (Phi) is 4.12. The summed E-state index contributed by atoms with van der Waals surface area (Å²) in [7, 11) is 1.50. The molecule has 0 aromatic carbocycles. The first-order valence-electron chi connectivity index (χ1n) is 4.50. The molecule has 0 aliphatic rings. The Balaban J connectivity index is 2.47. The molecule has 0 saturated heterocycles. The van der Waals surface area contributed by atoms with Crippen molar-refractivity contribution in [3.8, 4) is 0 Å². The highest BCUT2D eigenvalue weighted by atomic mass is 16.7. The minimum absolute atomic E-state index is 0.396. The highest BCUT2D eigenvalue weighted by Gasteiger charge is 2.19. The van der Waals surface area contributed by atoms with Gasteiger partial charge in [-0.05, 0) is 6.42 Å². The predicted octanol–water partition coefficient (Wildman–Crippen LogP) is 0.653. The number of ether oxygens (including phenoxy) is 1. The molecule has 0 saturated carbocycles. The molecule has 1 atom stereocenters. The molecule has 0 N–H and O–H groups in total. The van der Waals surface area contributed by atoms with Crippen LogP contribution in [-0.4, -0.2) is 28.9 Å². The number of imidazole rings is 1. The second kappa shape index (κ2) is 5.39. The van der Waals surface area contributed by atoms with Gasteiger partial charge in [0.05, 0.1) is 6.20 Å². The fourth-order valence-corrected chi connectivity index (χ4v) is 1.06. The summed E-state index contributed by atoms with van der Waals surface area (Å²) in [4.78, 5) is 20.1.